The van der Waals surface area contributed by atoms with E-state index in [1.54, 1.807) is 7.11 Å². The first-order valence-electron chi connectivity index (χ1n) is 10.5. The van der Waals surface area contributed by atoms with E-state index < -0.39 is 0 Å². The summed E-state index contributed by atoms with van der Waals surface area (Å²) < 4.78 is 12.8. The van der Waals surface area contributed by atoms with Gasteiger partial charge in [-0.25, -0.2) is 4.98 Å². The summed E-state index contributed by atoms with van der Waals surface area (Å²) in [6.07, 6.45) is 0. The van der Waals surface area contributed by atoms with E-state index in [1.807, 2.05) is 32.0 Å². The number of nitrogens with zero attached hydrogens (tertiary/aromatic N) is 5. The molecule has 168 valence electrons. The Morgan fingerprint density at radius 3 is 2.61 bits per heavy atom. The van der Waals surface area contributed by atoms with Gasteiger partial charge in [-0.2, -0.15) is 4.52 Å². The molecule has 3 heterocycles. The summed E-state index contributed by atoms with van der Waals surface area (Å²) in [7, 11) is 1.63. The predicted octanol–water partition coefficient (Wildman–Crippen LogP) is 1.91. The molecule has 31 heavy (non-hydrogen) atoms. The lowest BCUT2D eigenvalue weighted by Crippen LogP contribution is -2.48. The Morgan fingerprint density at radius 2 is 1.97 bits per heavy atom. The number of piperazine rings is 1. The van der Waals surface area contributed by atoms with E-state index in [-0.39, 0.29) is 18.5 Å². The molecule has 0 bridgehead atoms. The molecule has 1 aromatic carbocycles. The van der Waals surface area contributed by atoms with Crippen LogP contribution in [0.15, 0.2) is 18.2 Å². The van der Waals surface area contributed by atoms with Crippen molar-refractivity contribution in [2.24, 2.45) is 0 Å². The number of aromatic nitrogens is 3. The van der Waals surface area contributed by atoms with Gasteiger partial charge in [-0.3, -0.25) is 9.80 Å². The molecule has 1 saturated heterocycles. The highest BCUT2D eigenvalue weighted by atomic mass is 32.1. The maximum Gasteiger partial charge on any atom is 0.230 e. The van der Waals surface area contributed by atoms with Crippen molar-refractivity contribution < 1.29 is 19.7 Å². The third-order valence-corrected chi connectivity index (χ3v) is 6.62. The molecule has 1 fully saturated rings. The van der Waals surface area contributed by atoms with Gasteiger partial charge in [-0.1, -0.05) is 17.4 Å². The van der Waals surface area contributed by atoms with Crippen LogP contribution in [0.5, 0.6) is 17.4 Å². The Bertz CT molecular complexity index is 1030. The second kappa shape index (κ2) is 9.39. The minimum absolute atomic E-state index is 0.122. The van der Waals surface area contributed by atoms with E-state index in [1.165, 1.54) is 15.9 Å². The number of hydrogen-bond donors (Lipinski definition) is 2. The average molecular weight is 448 g/mol. The molecule has 0 saturated carbocycles. The fourth-order valence-electron chi connectivity index (χ4n) is 4.07. The minimum atomic E-state index is -0.172. The summed E-state index contributed by atoms with van der Waals surface area (Å²) in [5.41, 5.74) is 1.01. The Morgan fingerprint density at radius 1 is 1.19 bits per heavy atom. The lowest BCUT2D eigenvalue weighted by molar-refractivity contribution is 0.0944. The number of aliphatic hydroxyl groups excluding tert-OH is 1. The van der Waals surface area contributed by atoms with Crippen molar-refractivity contribution in [2.45, 2.75) is 19.9 Å². The van der Waals surface area contributed by atoms with Crippen molar-refractivity contribution in [3.05, 3.63) is 34.5 Å². The van der Waals surface area contributed by atoms with Crippen molar-refractivity contribution >= 4 is 16.3 Å². The van der Waals surface area contributed by atoms with E-state index in [4.69, 9.17) is 9.47 Å². The summed E-state index contributed by atoms with van der Waals surface area (Å²) in [4.78, 5) is 10.5. The van der Waals surface area contributed by atoms with Crippen LogP contribution in [-0.2, 0) is 0 Å². The molecule has 2 aromatic heterocycles. The first-order valence-corrected chi connectivity index (χ1v) is 11.3. The molecule has 0 radical (unpaired) electrons. The standard InChI is InChI=1S/C21H29N5O4S/c1-4-30-16-6-5-15(13-17(16)29-3)18(25-9-7-24(8-10-25)11-12-27)19-20(28)26-21(31-19)22-14(2)23-26/h5-6,13,18,27-28H,4,7-12H2,1-3H3/t18-/m1/s1. The van der Waals surface area contributed by atoms with Crippen LogP contribution in [-0.4, -0.2) is 87.7 Å². The third-order valence-electron chi connectivity index (χ3n) is 5.55. The number of rotatable bonds is 8. The number of thiazole rings is 1. The largest absolute Gasteiger partial charge is 0.493 e. The molecule has 2 N–H and O–H groups in total. The fraction of sp³-hybridized carbons (Fsp3) is 0.524. The summed E-state index contributed by atoms with van der Waals surface area (Å²) in [6.45, 7) is 8.48. The predicted molar refractivity (Wildman–Crippen MR) is 118 cm³/mol. The van der Waals surface area contributed by atoms with Crippen LogP contribution in [0.25, 0.3) is 4.96 Å². The van der Waals surface area contributed by atoms with E-state index in [9.17, 15) is 10.2 Å². The van der Waals surface area contributed by atoms with Gasteiger partial charge in [0.15, 0.2) is 11.5 Å². The van der Waals surface area contributed by atoms with Gasteiger partial charge >= 0.3 is 0 Å². The molecule has 1 aliphatic rings. The molecule has 1 aliphatic heterocycles. The summed E-state index contributed by atoms with van der Waals surface area (Å²) >= 11 is 1.45. The van der Waals surface area contributed by atoms with Crippen molar-refractivity contribution in [1.29, 1.82) is 0 Å². The van der Waals surface area contributed by atoms with Crippen molar-refractivity contribution in [3.63, 3.8) is 0 Å². The molecule has 0 spiro atoms. The number of aryl methyl sites for hydroxylation is 1. The maximum absolute atomic E-state index is 11.0. The molecule has 9 nitrogen and oxygen atoms in total. The van der Waals surface area contributed by atoms with Gasteiger partial charge in [0.05, 0.1) is 31.2 Å². The van der Waals surface area contributed by atoms with Crippen LogP contribution in [0.2, 0.25) is 0 Å². The monoisotopic (exact) mass is 447 g/mol. The zero-order chi connectivity index (χ0) is 22.0. The number of aromatic hydroxyl groups is 1. The summed E-state index contributed by atoms with van der Waals surface area (Å²) in [5, 5.41) is 24.6. The highest BCUT2D eigenvalue weighted by molar-refractivity contribution is 7.17. The Labute approximate surface area is 185 Å². The van der Waals surface area contributed by atoms with Crippen LogP contribution in [0, 0.1) is 6.92 Å². The van der Waals surface area contributed by atoms with Gasteiger partial charge < -0.3 is 19.7 Å². The molecule has 4 rings (SSSR count). The Balaban J connectivity index is 1.74. The van der Waals surface area contributed by atoms with Crippen molar-refractivity contribution in [1.82, 2.24) is 24.4 Å². The molecule has 1 atom stereocenters. The van der Waals surface area contributed by atoms with Gasteiger partial charge in [0, 0.05) is 32.7 Å². The van der Waals surface area contributed by atoms with Crippen LogP contribution >= 0.6 is 11.3 Å². The van der Waals surface area contributed by atoms with E-state index in [2.05, 4.69) is 19.9 Å². The fourth-order valence-corrected chi connectivity index (χ4v) is 5.23. The first-order chi connectivity index (χ1) is 15.0. The SMILES string of the molecule is CCOc1ccc([C@H](c2sc3nc(C)nn3c2O)N2CCN(CCO)CC2)cc1OC. The zero-order valence-corrected chi connectivity index (χ0v) is 18.9. The Hall–Kier alpha value is -2.40. The minimum Gasteiger partial charge on any atom is -0.493 e. The highest BCUT2D eigenvalue weighted by Gasteiger charge is 2.32. The van der Waals surface area contributed by atoms with E-state index >= 15 is 0 Å². The lowest BCUT2D eigenvalue weighted by atomic mass is 10.0. The quantitative estimate of drug-likeness (QED) is 0.541. The molecule has 0 aliphatic carbocycles. The number of aliphatic hydroxyl groups is 1. The molecular formula is C21H29N5O4S. The molecule has 0 amide bonds. The second-order valence-corrected chi connectivity index (χ2v) is 8.50. The summed E-state index contributed by atoms with van der Waals surface area (Å²) in [5.74, 6) is 2.11. The number of ether oxygens (including phenoxy) is 2. The first kappa shape index (κ1) is 21.8. The maximum atomic E-state index is 11.0. The Kier molecular flexibility index (Phi) is 6.61. The topological polar surface area (TPSA) is 95.6 Å². The lowest BCUT2D eigenvalue weighted by Gasteiger charge is -2.39. The van der Waals surface area contributed by atoms with Crippen molar-refractivity contribution in [2.75, 3.05) is 53.0 Å². The summed E-state index contributed by atoms with van der Waals surface area (Å²) in [6, 6.07) is 5.76. The van der Waals surface area contributed by atoms with Crippen LogP contribution in [0.3, 0.4) is 0 Å². The number of benzene rings is 1. The highest BCUT2D eigenvalue weighted by Crippen LogP contribution is 2.42. The van der Waals surface area contributed by atoms with Crippen molar-refractivity contribution in [3.8, 4) is 17.4 Å². The number of hydrogen-bond acceptors (Lipinski definition) is 9. The van der Waals surface area contributed by atoms with Gasteiger partial charge in [0.1, 0.15) is 5.82 Å². The van der Waals surface area contributed by atoms with Gasteiger partial charge in [-0.05, 0) is 31.5 Å². The second-order valence-electron chi connectivity index (χ2n) is 7.49. The molecule has 3 aromatic rings. The number of fused-ring (bicyclic) bond motifs is 1. The third kappa shape index (κ3) is 4.33. The molecular weight excluding hydrogens is 418 g/mol. The van der Waals surface area contributed by atoms with Gasteiger partial charge in [0.2, 0.25) is 10.8 Å². The van der Waals surface area contributed by atoms with Gasteiger partial charge in [-0.15, -0.1) is 5.10 Å². The van der Waals surface area contributed by atoms with E-state index in [0.717, 1.165) is 36.6 Å². The number of methoxy groups -OCH3 is 1. The zero-order valence-electron chi connectivity index (χ0n) is 18.1. The smallest absolute Gasteiger partial charge is 0.230 e. The molecule has 10 heteroatoms. The normalized spacial score (nSPS) is 16.6. The van der Waals surface area contributed by atoms with E-state index in [0.29, 0.717) is 35.4 Å². The molecule has 0 unspecified atom stereocenters. The van der Waals surface area contributed by atoms with Crippen LogP contribution in [0.4, 0.5) is 0 Å². The van der Waals surface area contributed by atoms with Crippen LogP contribution < -0.4 is 9.47 Å². The van der Waals surface area contributed by atoms with Gasteiger partial charge in [0.25, 0.3) is 0 Å². The van der Waals surface area contributed by atoms with Crippen LogP contribution in [0.1, 0.15) is 29.2 Å². The average Bonchev–Trinajstić information content (AvgIpc) is 3.28. The number of β-amino-alcohol motifs (C(OH)–C–C–N with tert-alkyl or cyclic N) is 1.